The van der Waals surface area contributed by atoms with E-state index in [0.29, 0.717) is 0 Å². The molecule has 1 aliphatic rings. The summed E-state index contributed by atoms with van der Waals surface area (Å²) in [4.78, 5) is 0. The van der Waals surface area contributed by atoms with Crippen LogP contribution < -0.4 is 0 Å². The lowest BCUT2D eigenvalue weighted by Gasteiger charge is -2.33. The molecule has 1 rings (SSSR count). The number of hydrogen-bond donors (Lipinski definition) is 3. The van der Waals surface area contributed by atoms with E-state index in [9.17, 15) is 25.3 Å². The van der Waals surface area contributed by atoms with Gasteiger partial charge in [-0.2, -0.15) is 25.3 Å². The van der Waals surface area contributed by atoms with Crippen LogP contribution in [0.4, 0.5) is 0 Å². The van der Waals surface area contributed by atoms with Gasteiger partial charge in [-0.1, -0.05) is 0 Å². The number of ether oxygens (including phenoxy) is 1. The standard InChI is InChI=1S/C5H10O13S3/c6-19(7,8)16-3-1-15-2-4(17-20(9,10)11)5(3)18-21(12,13)14/h3-5H,1-2H2,(H,6,7,8)(H,9,10,11)(H,12,13,14)/t3-,4+,5?. The van der Waals surface area contributed by atoms with Gasteiger partial charge in [-0.05, 0) is 0 Å². The number of hydrogen-bond acceptors (Lipinski definition) is 10. The Labute approximate surface area is 119 Å². The van der Waals surface area contributed by atoms with E-state index in [0.717, 1.165) is 0 Å². The zero-order valence-corrected chi connectivity index (χ0v) is 12.2. The molecular weight excluding hydrogens is 364 g/mol. The van der Waals surface area contributed by atoms with E-state index < -0.39 is 62.7 Å². The minimum atomic E-state index is -5.17. The molecule has 0 saturated carbocycles. The molecule has 0 aromatic rings. The van der Waals surface area contributed by atoms with Crippen LogP contribution in [0.2, 0.25) is 0 Å². The summed E-state index contributed by atoms with van der Waals surface area (Å²) in [6, 6.07) is 0. The Hall–Kier alpha value is -0.430. The highest BCUT2D eigenvalue weighted by molar-refractivity contribution is 7.81. The van der Waals surface area contributed by atoms with E-state index in [1.165, 1.54) is 0 Å². The van der Waals surface area contributed by atoms with Crippen molar-refractivity contribution in [2.45, 2.75) is 18.3 Å². The van der Waals surface area contributed by atoms with Gasteiger partial charge in [0.15, 0.2) is 0 Å². The highest BCUT2D eigenvalue weighted by atomic mass is 32.3. The minimum absolute atomic E-state index is 0.648. The maximum atomic E-state index is 10.7. The van der Waals surface area contributed by atoms with Crippen LogP contribution in [-0.2, 0) is 48.5 Å². The van der Waals surface area contributed by atoms with Crippen molar-refractivity contribution in [1.29, 1.82) is 0 Å². The summed E-state index contributed by atoms with van der Waals surface area (Å²) in [5.41, 5.74) is 0. The average molecular weight is 374 g/mol. The van der Waals surface area contributed by atoms with E-state index in [1.807, 2.05) is 0 Å². The molecule has 0 aliphatic carbocycles. The van der Waals surface area contributed by atoms with Crippen molar-refractivity contribution < 1.29 is 56.2 Å². The maximum absolute atomic E-state index is 10.7. The van der Waals surface area contributed by atoms with Crippen molar-refractivity contribution in [1.82, 2.24) is 0 Å². The third-order valence-corrected chi connectivity index (χ3v) is 3.47. The van der Waals surface area contributed by atoms with Crippen molar-refractivity contribution >= 4 is 31.2 Å². The van der Waals surface area contributed by atoms with Gasteiger partial charge in [0, 0.05) is 0 Å². The van der Waals surface area contributed by atoms with Gasteiger partial charge in [-0.15, -0.1) is 0 Å². The Morgan fingerprint density at radius 2 is 1.05 bits per heavy atom. The summed E-state index contributed by atoms with van der Waals surface area (Å²) < 4.78 is 106. The highest BCUT2D eigenvalue weighted by Gasteiger charge is 2.43. The average Bonchev–Trinajstić information content (AvgIpc) is 2.16. The van der Waals surface area contributed by atoms with Crippen molar-refractivity contribution in [2.24, 2.45) is 0 Å². The monoisotopic (exact) mass is 374 g/mol. The maximum Gasteiger partial charge on any atom is 0.397 e. The summed E-state index contributed by atoms with van der Waals surface area (Å²) in [6.07, 6.45) is -5.79. The Balaban J connectivity index is 3.06. The van der Waals surface area contributed by atoms with Crippen LogP contribution in [0.1, 0.15) is 0 Å². The van der Waals surface area contributed by atoms with Crippen LogP contribution in [0.15, 0.2) is 0 Å². The lowest BCUT2D eigenvalue weighted by molar-refractivity contribution is -0.125. The van der Waals surface area contributed by atoms with E-state index >= 15 is 0 Å². The van der Waals surface area contributed by atoms with Gasteiger partial charge in [-0.3, -0.25) is 13.7 Å². The summed E-state index contributed by atoms with van der Waals surface area (Å²) in [6.45, 7) is -1.30. The second-order valence-corrected chi connectivity index (χ2v) is 6.79. The molecule has 0 amide bonds. The van der Waals surface area contributed by atoms with E-state index in [1.54, 1.807) is 0 Å². The van der Waals surface area contributed by atoms with E-state index in [2.05, 4.69) is 17.3 Å². The molecule has 1 saturated heterocycles. The molecule has 126 valence electrons. The molecule has 0 radical (unpaired) electrons. The second kappa shape index (κ2) is 6.36. The fourth-order valence-electron chi connectivity index (χ4n) is 1.47. The van der Waals surface area contributed by atoms with Crippen molar-refractivity contribution in [3.8, 4) is 0 Å². The van der Waals surface area contributed by atoms with Crippen LogP contribution in [-0.4, -0.2) is 70.4 Å². The van der Waals surface area contributed by atoms with Crippen molar-refractivity contribution in [3.63, 3.8) is 0 Å². The van der Waals surface area contributed by atoms with Crippen LogP contribution >= 0.6 is 0 Å². The second-order valence-electron chi connectivity index (χ2n) is 3.65. The first-order valence-corrected chi connectivity index (χ1v) is 8.91. The highest BCUT2D eigenvalue weighted by Crippen LogP contribution is 2.22. The fraction of sp³-hybridized carbons (Fsp3) is 1.00. The SMILES string of the molecule is O=S(=O)(O)OC1[C@@H](OS(=O)(=O)O)COC[C@H]1OS(=O)(=O)O. The molecule has 1 fully saturated rings. The van der Waals surface area contributed by atoms with Crippen LogP contribution in [0.3, 0.4) is 0 Å². The molecule has 1 unspecified atom stereocenters. The van der Waals surface area contributed by atoms with E-state index in [4.69, 9.17) is 13.7 Å². The molecule has 0 aromatic carbocycles. The first-order valence-electron chi connectivity index (χ1n) is 4.82. The largest absolute Gasteiger partial charge is 0.397 e. The lowest BCUT2D eigenvalue weighted by Crippen LogP contribution is -2.53. The van der Waals surface area contributed by atoms with Crippen molar-refractivity contribution in [3.05, 3.63) is 0 Å². The molecule has 0 spiro atoms. The molecule has 3 atom stereocenters. The van der Waals surface area contributed by atoms with Gasteiger partial charge in [0.25, 0.3) is 0 Å². The lowest BCUT2D eigenvalue weighted by atomic mass is 10.1. The van der Waals surface area contributed by atoms with Crippen LogP contribution in [0, 0.1) is 0 Å². The Morgan fingerprint density at radius 3 is 1.33 bits per heavy atom. The summed E-state index contributed by atoms with van der Waals surface area (Å²) in [7, 11) is -15.3. The fourth-order valence-corrected chi connectivity index (χ4v) is 2.95. The van der Waals surface area contributed by atoms with Gasteiger partial charge >= 0.3 is 31.2 Å². The zero-order chi connectivity index (χ0) is 16.5. The van der Waals surface area contributed by atoms with Gasteiger partial charge in [0.1, 0.15) is 18.3 Å². The Bertz CT molecular complexity index is 617. The third-order valence-electron chi connectivity index (χ3n) is 2.02. The number of rotatable bonds is 6. The molecule has 3 N–H and O–H groups in total. The summed E-state index contributed by atoms with van der Waals surface area (Å²) in [5, 5.41) is 0. The zero-order valence-electron chi connectivity index (χ0n) is 9.80. The third kappa shape index (κ3) is 7.40. The quantitative estimate of drug-likeness (QED) is 0.415. The topological polar surface area (TPSA) is 200 Å². The van der Waals surface area contributed by atoms with Gasteiger partial charge in [0.2, 0.25) is 0 Å². The molecular formula is C5H10O13S3. The van der Waals surface area contributed by atoms with Crippen LogP contribution in [0.25, 0.3) is 0 Å². The molecule has 13 nitrogen and oxygen atoms in total. The normalized spacial score (nSPS) is 28.4. The summed E-state index contributed by atoms with van der Waals surface area (Å²) in [5.74, 6) is 0. The predicted octanol–water partition coefficient (Wildman–Crippen LogP) is -2.42. The van der Waals surface area contributed by atoms with Gasteiger partial charge in [0.05, 0.1) is 13.2 Å². The minimum Gasteiger partial charge on any atom is -0.376 e. The molecule has 1 heterocycles. The van der Waals surface area contributed by atoms with Crippen molar-refractivity contribution in [2.75, 3.05) is 13.2 Å². The smallest absolute Gasteiger partial charge is 0.376 e. The molecule has 16 heteroatoms. The van der Waals surface area contributed by atoms with Gasteiger partial charge in [-0.25, -0.2) is 12.5 Å². The molecule has 1 aliphatic heterocycles. The predicted molar refractivity (Wildman–Crippen MR) is 60.1 cm³/mol. The van der Waals surface area contributed by atoms with E-state index in [-0.39, 0.29) is 0 Å². The Morgan fingerprint density at radius 1 is 0.714 bits per heavy atom. The van der Waals surface area contributed by atoms with Crippen LogP contribution in [0.5, 0.6) is 0 Å². The first kappa shape index (κ1) is 18.6. The molecule has 0 bridgehead atoms. The summed E-state index contributed by atoms with van der Waals surface area (Å²) >= 11 is 0. The van der Waals surface area contributed by atoms with Gasteiger partial charge < -0.3 is 4.74 Å². The molecule has 0 aromatic heterocycles. The molecule has 21 heavy (non-hydrogen) atoms. The first-order chi connectivity index (χ1) is 9.27. The Kier molecular flexibility index (Phi) is 5.64.